The van der Waals surface area contributed by atoms with Crippen LogP contribution < -0.4 is 5.73 Å². The molecule has 0 aromatic heterocycles. The molecule has 2 N–H and O–H groups in total. The molecule has 0 saturated heterocycles. The van der Waals surface area contributed by atoms with E-state index >= 15 is 0 Å². The van der Waals surface area contributed by atoms with Gasteiger partial charge in [0.05, 0.1) is 0 Å². The maximum Gasteiger partial charge on any atom is 0.446 e. The second-order valence-corrected chi connectivity index (χ2v) is 3.68. The van der Waals surface area contributed by atoms with Crippen LogP contribution in [0.5, 0.6) is 0 Å². The molecule has 5 heteroatoms. The highest BCUT2D eigenvalue weighted by molar-refractivity contribution is 8.00. The molecule has 1 aromatic rings. The molecule has 0 spiro atoms. The molecule has 72 valence electrons. The highest BCUT2D eigenvalue weighted by Gasteiger charge is 2.29. The monoisotopic (exact) mass is 207 g/mol. The molecule has 0 radical (unpaired) electrons. The van der Waals surface area contributed by atoms with Gasteiger partial charge in [-0.3, -0.25) is 0 Å². The van der Waals surface area contributed by atoms with Gasteiger partial charge in [-0.2, -0.15) is 13.2 Å². The lowest BCUT2D eigenvalue weighted by Crippen LogP contribution is -2.00. The first-order valence-electron chi connectivity index (χ1n) is 3.50. The molecule has 0 aliphatic heterocycles. The number of rotatable bonds is 1. The second kappa shape index (κ2) is 3.49. The molecule has 13 heavy (non-hydrogen) atoms. The Kier molecular flexibility index (Phi) is 2.75. The molecule has 0 atom stereocenters. The molecule has 0 saturated carbocycles. The third kappa shape index (κ3) is 3.18. The Bertz CT molecular complexity index is 309. The van der Waals surface area contributed by atoms with Crippen LogP contribution in [-0.4, -0.2) is 5.51 Å². The molecule has 0 heterocycles. The number of anilines is 1. The van der Waals surface area contributed by atoms with Crippen molar-refractivity contribution in [2.75, 3.05) is 5.73 Å². The number of aryl methyl sites for hydroxylation is 1. The van der Waals surface area contributed by atoms with Gasteiger partial charge in [0, 0.05) is 10.6 Å². The number of benzene rings is 1. The summed E-state index contributed by atoms with van der Waals surface area (Å²) >= 11 is -0.138. The summed E-state index contributed by atoms with van der Waals surface area (Å²) in [6, 6.07) is 4.48. The summed E-state index contributed by atoms with van der Waals surface area (Å²) in [5.41, 5.74) is 2.04. The molecule has 0 unspecified atom stereocenters. The van der Waals surface area contributed by atoms with Crippen molar-refractivity contribution in [3.05, 3.63) is 23.8 Å². The van der Waals surface area contributed by atoms with E-state index in [1.807, 2.05) is 0 Å². The van der Waals surface area contributed by atoms with E-state index in [-0.39, 0.29) is 16.7 Å². The van der Waals surface area contributed by atoms with E-state index < -0.39 is 5.51 Å². The molecule has 0 aliphatic rings. The van der Waals surface area contributed by atoms with Gasteiger partial charge in [-0.25, -0.2) is 0 Å². The number of nitrogens with two attached hydrogens (primary N) is 1. The lowest BCUT2D eigenvalue weighted by molar-refractivity contribution is -0.0328. The fraction of sp³-hybridized carbons (Fsp3) is 0.250. The lowest BCUT2D eigenvalue weighted by Gasteiger charge is -2.08. The van der Waals surface area contributed by atoms with Gasteiger partial charge in [0.1, 0.15) is 0 Å². The second-order valence-electron chi connectivity index (χ2n) is 2.57. The van der Waals surface area contributed by atoms with Crippen LogP contribution in [0.3, 0.4) is 0 Å². The van der Waals surface area contributed by atoms with Crippen molar-refractivity contribution in [1.29, 1.82) is 0 Å². The zero-order valence-corrected chi connectivity index (χ0v) is 7.67. The number of nitrogen functional groups attached to an aromatic ring is 1. The SMILES string of the molecule is Cc1ccc(N)cc1SC(F)(F)F. The highest BCUT2D eigenvalue weighted by Crippen LogP contribution is 2.38. The van der Waals surface area contributed by atoms with Gasteiger partial charge in [-0.15, -0.1) is 0 Å². The van der Waals surface area contributed by atoms with E-state index in [2.05, 4.69) is 0 Å². The summed E-state index contributed by atoms with van der Waals surface area (Å²) in [5.74, 6) is 0. The number of thioether (sulfide) groups is 1. The van der Waals surface area contributed by atoms with E-state index in [0.717, 1.165) is 0 Å². The van der Waals surface area contributed by atoms with Gasteiger partial charge < -0.3 is 5.73 Å². The predicted molar refractivity (Wildman–Crippen MR) is 47.5 cm³/mol. The summed E-state index contributed by atoms with van der Waals surface area (Å²) in [4.78, 5) is 0.160. The first-order chi connectivity index (χ1) is 5.88. The van der Waals surface area contributed by atoms with Gasteiger partial charge >= 0.3 is 5.51 Å². The normalized spacial score (nSPS) is 11.7. The molecule has 1 nitrogen and oxygen atoms in total. The van der Waals surface area contributed by atoms with Crippen LogP contribution >= 0.6 is 11.8 Å². The van der Waals surface area contributed by atoms with Crippen LogP contribution in [0, 0.1) is 6.92 Å². The fourth-order valence-electron chi connectivity index (χ4n) is 0.851. The van der Waals surface area contributed by atoms with Gasteiger partial charge in [0.15, 0.2) is 0 Å². The average Bonchev–Trinajstić information content (AvgIpc) is 1.94. The third-order valence-electron chi connectivity index (χ3n) is 1.44. The summed E-state index contributed by atoms with van der Waals surface area (Å²) in [7, 11) is 0. The standard InChI is InChI=1S/C8H8F3NS/c1-5-2-3-6(12)4-7(5)13-8(9,10)11/h2-4H,12H2,1H3. The van der Waals surface area contributed by atoms with Gasteiger partial charge in [0.25, 0.3) is 0 Å². The third-order valence-corrected chi connectivity index (χ3v) is 2.33. The summed E-state index contributed by atoms with van der Waals surface area (Å²) < 4.78 is 35.9. The Morgan fingerprint density at radius 3 is 2.46 bits per heavy atom. The topological polar surface area (TPSA) is 26.0 Å². The Morgan fingerprint density at radius 1 is 1.31 bits per heavy atom. The fourth-order valence-corrected chi connectivity index (χ4v) is 1.52. The zero-order valence-electron chi connectivity index (χ0n) is 6.85. The minimum Gasteiger partial charge on any atom is -0.399 e. The van der Waals surface area contributed by atoms with Crippen molar-refractivity contribution in [3.8, 4) is 0 Å². The van der Waals surface area contributed by atoms with Crippen molar-refractivity contribution < 1.29 is 13.2 Å². The minimum atomic E-state index is -4.25. The van der Waals surface area contributed by atoms with E-state index in [0.29, 0.717) is 11.3 Å². The summed E-state index contributed by atoms with van der Waals surface area (Å²) in [6.07, 6.45) is 0. The molecule has 0 bridgehead atoms. The van der Waals surface area contributed by atoms with Crippen molar-refractivity contribution in [2.24, 2.45) is 0 Å². The average molecular weight is 207 g/mol. The first-order valence-corrected chi connectivity index (χ1v) is 4.32. The Labute approximate surface area is 78.1 Å². The van der Waals surface area contributed by atoms with Crippen LogP contribution in [0.4, 0.5) is 18.9 Å². The molecule has 0 fully saturated rings. The number of hydrogen-bond donors (Lipinski definition) is 1. The van der Waals surface area contributed by atoms with Crippen molar-refractivity contribution in [3.63, 3.8) is 0 Å². The van der Waals surface area contributed by atoms with Crippen molar-refractivity contribution >= 4 is 17.4 Å². The van der Waals surface area contributed by atoms with Crippen LogP contribution in [0.25, 0.3) is 0 Å². The highest BCUT2D eigenvalue weighted by atomic mass is 32.2. The van der Waals surface area contributed by atoms with Crippen molar-refractivity contribution in [2.45, 2.75) is 17.3 Å². The minimum absolute atomic E-state index is 0.138. The zero-order chi connectivity index (χ0) is 10.1. The van der Waals surface area contributed by atoms with E-state index in [9.17, 15) is 13.2 Å². The smallest absolute Gasteiger partial charge is 0.399 e. The molecular weight excluding hydrogens is 199 g/mol. The summed E-state index contributed by atoms with van der Waals surface area (Å²) in [5, 5.41) is 0. The quantitative estimate of drug-likeness (QED) is 0.565. The molecular formula is C8H8F3NS. The van der Waals surface area contributed by atoms with Crippen LogP contribution in [-0.2, 0) is 0 Å². The number of hydrogen-bond acceptors (Lipinski definition) is 2. The summed E-state index contributed by atoms with van der Waals surface area (Å²) in [6.45, 7) is 1.62. The van der Waals surface area contributed by atoms with Gasteiger partial charge in [0.2, 0.25) is 0 Å². The maximum absolute atomic E-state index is 12.0. The predicted octanol–water partition coefficient (Wildman–Crippen LogP) is 3.19. The maximum atomic E-state index is 12.0. The van der Waals surface area contributed by atoms with E-state index in [1.165, 1.54) is 6.07 Å². The van der Waals surface area contributed by atoms with E-state index in [1.54, 1.807) is 19.1 Å². The molecule has 1 rings (SSSR count). The van der Waals surface area contributed by atoms with Gasteiger partial charge in [-0.05, 0) is 36.4 Å². The van der Waals surface area contributed by atoms with Crippen LogP contribution in [0.2, 0.25) is 0 Å². The molecule has 0 aliphatic carbocycles. The first kappa shape index (κ1) is 10.2. The molecule has 0 amide bonds. The largest absolute Gasteiger partial charge is 0.446 e. The van der Waals surface area contributed by atoms with Crippen LogP contribution in [0.1, 0.15) is 5.56 Å². The Balaban J connectivity index is 2.94. The Morgan fingerprint density at radius 2 is 1.92 bits per heavy atom. The number of alkyl halides is 3. The van der Waals surface area contributed by atoms with Gasteiger partial charge in [-0.1, -0.05) is 6.07 Å². The van der Waals surface area contributed by atoms with E-state index in [4.69, 9.17) is 5.73 Å². The number of halogens is 3. The lowest BCUT2D eigenvalue weighted by atomic mass is 10.2. The molecule has 1 aromatic carbocycles. The van der Waals surface area contributed by atoms with Crippen LogP contribution in [0.15, 0.2) is 23.1 Å². The van der Waals surface area contributed by atoms with Crippen molar-refractivity contribution in [1.82, 2.24) is 0 Å². The Hall–Kier alpha value is -0.840.